The van der Waals surface area contributed by atoms with Gasteiger partial charge in [-0.25, -0.2) is 21.6 Å². The van der Waals surface area contributed by atoms with Crippen LogP contribution in [0.5, 0.6) is 0 Å². The first-order chi connectivity index (χ1) is 9.79. The van der Waals surface area contributed by atoms with E-state index in [1.165, 1.54) is 18.2 Å². The molecule has 0 aliphatic carbocycles. The van der Waals surface area contributed by atoms with Crippen LogP contribution in [0.3, 0.4) is 0 Å². The lowest BCUT2D eigenvalue weighted by Crippen LogP contribution is -2.23. The highest BCUT2D eigenvalue weighted by Gasteiger charge is 2.16. The predicted octanol–water partition coefficient (Wildman–Crippen LogP) is 0.964. The summed E-state index contributed by atoms with van der Waals surface area (Å²) in [5, 5.41) is 0. The summed E-state index contributed by atoms with van der Waals surface area (Å²) in [5.41, 5.74) is 0.757. The summed E-state index contributed by atoms with van der Waals surface area (Å²) in [6.45, 7) is 0.105. The molecule has 1 aromatic heterocycles. The van der Waals surface area contributed by atoms with Gasteiger partial charge in [0, 0.05) is 25.2 Å². The molecule has 1 aromatic carbocycles. The SMILES string of the molecule is CS(=O)(=O)c1cccc(S(=O)(=O)NCc2ccncc2)c1. The number of aromatic nitrogens is 1. The van der Waals surface area contributed by atoms with Crippen LogP contribution in [0.2, 0.25) is 0 Å². The fourth-order valence-electron chi connectivity index (χ4n) is 1.63. The van der Waals surface area contributed by atoms with E-state index in [0.29, 0.717) is 0 Å². The second kappa shape index (κ2) is 5.92. The van der Waals surface area contributed by atoms with Crippen LogP contribution in [0.4, 0.5) is 0 Å². The summed E-state index contributed by atoms with van der Waals surface area (Å²) in [6, 6.07) is 8.63. The molecule has 0 fully saturated rings. The molecule has 0 saturated heterocycles. The van der Waals surface area contributed by atoms with Crippen LogP contribution < -0.4 is 4.72 Å². The first kappa shape index (κ1) is 15.6. The van der Waals surface area contributed by atoms with Crippen LogP contribution in [-0.2, 0) is 26.4 Å². The number of sulfonamides is 1. The van der Waals surface area contributed by atoms with Crippen molar-refractivity contribution >= 4 is 19.9 Å². The summed E-state index contributed by atoms with van der Waals surface area (Å²) in [7, 11) is -7.23. The van der Waals surface area contributed by atoms with E-state index in [1.807, 2.05) is 0 Å². The monoisotopic (exact) mass is 326 g/mol. The van der Waals surface area contributed by atoms with E-state index in [4.69, 9.17) is 0 Å². The molecule has 8 heteroatoms. The van der Waals surface area contributed by atoms with Gasteiger partial charge in [-0.05, 0) is 35.9 Å². The van der Waals surface area contributed by atoms with Gasteiger partial charge in [0.05, 0.1) is 9.79 Å². The maximum absolute atomic E-state index is 12.2. The van der Waals surface area contributed by atoms with Crippen LogP contribution in [0.25, 0.3) is 0 Å². The van der Waals surface area contributed by atoms with Crippen molar-refractivity contribution < 1.29 is 16.8 Å². The van der Waals surface area contributed by atoms with Crippen LogP contribution in [0, 0.1) is 0 Å². The molecule has 0 atom stereocenters. The Labute approximate surface area is 123 Å². The van der Waals surface area contributed by atoms with Crippen molar-refractivity contribution in [3.05, 3.63) is 54.4 Å². The molecule has 112 valence electrons. The Morgan fingerprint density at radius 1 is 1.00 bits per heavy atom. The van der Waals surface area contributed by atoms with Crippen LogP contribution in [0.1, 0.15) is 5.56 Å². The first-order valence-corrected chi connectivity index (χ1v) is 9.35. The largest absolute Gasteiger partial charge is 0.265 e. The summed E-state index contributed by atoms with van der Waals surface area (Å²) in [4.78, 5) is 3.73. The number of pyridine rings is 1. The van der Waals surface area contributed by atoms with Gasteiger partial charge in [0.1, 0.15) is 0 Å². The van der Waals surface area contributed by atoms with E-state index >= 15 is 0 Å². The minimum atomic E-state index is -3.78. The third kappa shape index (κ3) is 4.10. The third-order valence-electron chi connectivity index (χ3n) is 2.76. The van der Waals surface area contributed by atoms with Crippen molar-refractivity contribution in [1.82, 2.24) is 9.71 Å². The Morgan fingerprint density at radius 3 is 2.24 bits per heavy atom. The number of sulfone groups is 1. The smallest absolute Gasteiger partial charge is 0.240 e. The maximum Gasteiger partial charge on any atom is 0.240 e. The highest BCUT2D eigenvalue weighted by atomic mass is 32.2. The summed E-state index contributed by atoms with van der Waals surface area (Å²) in [6.07, 6.45) is 4.16. The Balaban J connectivity index is 2.24. The molecule has 2 rings (SSSR count). The number of hydrogen-bond acceptors (Lipinski definition) is 5. The summed E-state index contributed by atoms with van der Waals surface area (Å²) < 4.78 is 49.7. The number of hydrogen-bond donors (Lipinski definition) is 1. The molecular formula is C13H14N2O4S2. The highest BCUT2D eigenvalue weighted by Crippen LogP contribution is 2.15. The van der Waals surface area contributed by atoms with E-state index in [2.05, 4.69) is 9.71 Å². The normalized spacial score (nSPS) is 12.2. The van der Waals surface area contributed by atoms with Crippen molar-refractivity contribution in [2.45, 2.75) is 16.3 Å². The minimum Gasteiger partial charge on any atom is -0.265 e. The number of nitrogens with one attached hydrogen (secondary N) is 1. The Bertz CT molecular complexity index is 831. The molecule has 1 N–H and O–H groups in total. The van der Waals surface area contributed by atoms with Gasteiger partial charge in [0.2, 0.25) is 10.0 Å². The van der Waals surface area contributed by atoms with Crippen molar-refractivity contribution in [2.75, 3.05) is 6.26 Å². The predicted molar refractivity (Wildman–Crippen MR) is 77.8 cm³/mol. The van der Waals surface area contributed by atoms with Gasteiger partial charge in [0.15, 0.2) is 9.84 Å². The topological polar surface area (TPSA) is 93.2 Å². The number of rotatable bonds is 5. The zero-order valence-corrected chi connectivity index (χ0v) is 12.9. The van der Waals surface area contributed by atoms with Gasteiger partial charge in [-0.2, -0.15) is 0 Å². The summed E-state index contributed by atoms with van der Waals surface area (Å²) in [5.74, 6) is 0. The van der Waals surface area contributed by atoms with E-state index in [1.54, 1.807) is 24.5 Å². The molecule has 0 radical (unpaired) electrons. The van der Waals surface area contributed by atoms with Crippen molar-refractivity contribution in [3.63, 3.8) is 0 Å². The van der Waals surface area contributed by atoms with E-state index in [0.717, 1.165) is 17.9 Å². The Hall–Kier alpha value is -1.77. The van der Waals surface area contributed by atoms with Gasteiger partial charge in [0.25, 0.3) is 0 Å². The van der Waals surface area contributed by atoms with Crippen molar-refractivity contribution in [2.24, 2.45) is 0 Å². The molecule has 0 spiro atoms. The van der Waals surface area contributed by atoms with Gasteiger partial charge in [-0.3, -0.25) is 4.98 Å². The van der Waals surface area contributed by atoms with Gasteiger partial charge in [-0.15, -0.1) is 0 Å². The number of benzene rings is 1. The van der Waals surface area contributed by atoms with Gasteiger partial charge < -0.3 is 0 Å². The zero-order valence-electron chi connectivity index (χ0n) is 11.2. The van der Waals surface area contributed by atoms with Gasteiger partial charge >= 0.3 is 0 Å². The molecule has 0 bridgehead atoms. The molecule has 21 heavy (non-hydrogen) atoms. The lowest BCUT2D eigenvalue weighted by Gasteiger charge is -2.08. The second-order valence-corrected chi connectivity index (χ2v) is 8.21. The van der Waals surface area contributed by atoms with E-state index < -0.39 is 19.9 Å². The molecule has 0 saturated carbocycles. The Kier molecular flexibility index (Phi) is 4.40. The fraction of sp³-hybridized carbons (Fsp3) is 0.154. The summed E-state index contributed by atoms with van der Waals surface area (Å²) >= 11 is 0. The lowest BCUT2D eigenvalue weighted by molar-refractivity contribution is 0.581. The maximum atomic E-state index is 12.2. The van der Waals surface area contributed by atoms with Crippen LogP contribution in [0.15, 0.2) is 58.6 Å². The standard InChI is InChI=1S/C13H14N2O4S2/c1-20(16,17)12-3-2-4-13(9-12)21(18,19)15-10-11-5-7-14-8-6-11/h2-9,15H,10H2,1H3. The average Bonchev–Trinajstić information content (AvgIpc) is 2.46. The molecule has 0 unspecified atom stereocenters. The molecule has 1 heterocycles. The number of nitrogens with zero attached hydrogens (tertiary/aromatic N) is 1. The zero-order chi connectivity index (χ0) is 15.5. The molecule has 0 aliphatic rings. The molecule has 0 aliphatic heterocycles. The van der Waals surface area contributed by atoms with Crippen molar-refractivity contribution in [3.8, 4) is 0 Å². The third-order valence-corrected chi connectivity index (χ3v) is 5.27. The van der Waals surface area contributed by atoms with Crippen molar-refractivity contribution in [1.29, 1.82) is 0 Å². The Morgan fingerprint density at radius 2 is 1.62 bits per heavy atom. The second-order valence-electron chi connectivity index (χ2n) is 4.43. The molecule has 2 aromatic rings. The molecule has 6 nitrogen and oxygen atoms in total. The fourth-order valence-corrected chi connectivity index (χ4v) is 3.44. The molecule has 0 amide bonds. The average molecular weight is 326 g/mol. The molecular weight excluding hydrogens is 312 g/mol. The van der Waals surface area contributed by atoms with Crippen LogP contribution >= 0.6 is 0 Å². The lowest BCUT2D eigenvalue weighted by atomic mass is 10.3. The highest BCUT2D eigenvalue weighted by molar-refractivity contribution is 7.91. The van der Waals surface area contributed by atoms with Gasteiger partial charge in [-0.1, -0.05) is 6.07 Å². The quantitative estimate of drug-likeness (QED) is 0.883. The minimum absolute atomic E-state index is 0.0331. The van der Waals surface area contributed by atoms with Crippen LogP contribution in [-0.4, -0.2) is 28.1 Å². The first-order valence-electron chi connectivity index (χ1n) is 5.98. The van der Waals surface area contributed by atoms with E-state index in [-0.39, 0.29) is 16.3 Å². The van der Waals surface area contributed by atoms with E-state index in [9.17, 15) is 16.8 Å².